The Bertz CT molecular complexity index is 409. The van der Waals surface area contributed by atoms with E-state index in [2.05, 4.69) is 28.2 Å². The smallest absolute Gasteiger partial charge is 0.155 e. The van der Waals surface area contributed by atoms with Gasteiger partial charge in [0.25, 0.3) is 0 Å². The topological polar surface area (TPSA) is 37.7 Å². The lowest BCUT2D eigenvalue weighted by atomic mass is 10.2. The van der Waals surface area contributed by atoms with Crippen molar-refractivity contribution in [3.05, 3.63) is 24.4 Å². The fourth-order valence-corrected chi connectivity index (χ4v) is 1.97. The van der Waals surface area contributed by atoms with Crippen LogP contribution in [0.5, 0.6) is 0 Å². The molecule has 4 heteroatoms. The molecule has 1 aliphatic rings. The van der Waals surface area contributed by atoms with Crippen molar-refractivity contribution in [2.75, 3.05) is 31.2 Å². The van der Waals surface area contributed by atoms with Gasteiger partial charge in [0.2, 0.25) is 0 Å². The van der Waals surface area contributed by atoms with Crippen LogP contribution in [0.2, 0.25) is 0 Å². The first kappa shape index (κ1) is 11.8. The highest BCUT2D eigenvalue weighted by Crippen LogP contribution is 2.30. The van der Waals surface area contributed by atoms with Gasteiger partial charge < -0.3 is 9.64 Å². The third-order valence-corrected chi connectivity index (χ3v) is 2.84. The van der Waals surface area contributed by atoms with Crippen LogP contribution in [-0.2, 0) is 4.74 Å². The summed E-state index contributed by atoms with van der Waals surface area (Å²) in [5.74, 6) is 0.878. The number of nitrogens with zero attached hydrogens (tertiary/aromatic N) is 3. The van der Waals surface area contributed by atoms with Crippen molar-refractivity contribution in [1.29, 1.82) is 0 Å². The number of pyridine rings is 1. The van der Waals surface area contributed by atoms with Crippen molar-refractivity contribution in [3.63, 3.8) is 0 Å². The van der Waals surface area contributed by atoms with Crippen molar-refractivity contribution < 1.29 is 4.74 Å². The average molecular weight is 231 g/mol. The number of anilines is 1. The summed E-state index contributed by atoms with van der Waals surface area (Å²) >= 11 is 0. The van der Waals surface area contributed by atoms with Gasteiger partial charge in [0.15, 0.2) is 5.82 Å². The number of aliphatic imine (C=N–C) groups is 1. The SMILES string of the molecule is C=Cc1ccnc(N2CCCOCC2)c1N=C. The zero-order valence-electron chi connectivity index (χ0n) is 9.93. The summed E-state index contributed by atoms with van der Waals surface area (Å²) in [6.45, 7) is 10.7. The van der Waals surface area contributed by atoms with E-state index in [0.29, 0.717) is 0 Å². The third kappa shape index (κ3) is 2.53. The molecule has 0 saturated carbocycles. The van der Waals surface area contributed by atoms with Gasteiger partial charge in [-0.05, 0) is 19.2 Å². The van der Waals surface area contributed by atoms with Crippen molar-refractivity contribution >= 4 is 24.3 Å². The molecule has 1 aromatic rings. The summed E-state index contributed by atoms with van der Waals surface area (Å²) < 4.78 is 5.44. The fraction of sp³-hybridized carbons (Fsp3) is 0.385. The lowest BCUT2D eigenvalue weighted by Gasteiger charge is -2.22. The molecule has 0 unspecified atom stereocenters. The van der Waals surface area contributed by atoms with Crippen LogP contribution in [0.4, 0.5) is 11.5 Å². The van der Waals surface area contributed by atoms with Gasteiger partial charge in [-0.2, -0.15) is 0 Å². The van der Waals surface area contributed by atoms with Gasteiger partial charge >= 0.3 is 0 Å². The van der Waals surface area contributed by atoms with Crippen LogP contribution in [0, 0.1) is 0 Å². The van der Waals surface area contributed by atoms with Crippen LogP contribution in [0.3, 0.4) is 0 Å². The zero-order valence-corrected chi connectivity index (χ0v) is 9.93. The Morgan fingerprint density at radius 3 is 3.06 bits per heavy atom. The monoisotopic (exact) mass is 231 g/mol. The third-order valence-electron chi connectivity index (χ3n) is 2.84. The summed E-state index contributed by atoms with van der Waals surface area (Å²) in [7, 11) is 0. The highest BCUT2D eigenvalue weighted by Gasteiger charge is 2.16. The van der Waals surface area contributed by atoms with Crippen molar-refractivity contribution in [2.24, 2.45) is 4.99 Å². The van der Waals surface area contributed by atoms with Crippen molar-refractivity contribution in [2.45, 2.75) is 6.42 Å². The Labute approximate surface area is 102 Å². The molecular formula is C13H17N3O. The van der Waals surface area contributed by atoms with Gasteiger partial charge in [-0.25, -0.2) is 4.98 Å². The van der Waals surface area contributed by atoms with Crippen LogP contribution in [0.25, 0.3) is 6.08 Å². The molecule has 0 spiro atoms. The van der Waals surface area contributed by atoms with Crippen molar-refractivity contribution in [1.82, 2.24) is 4.98 Å². The van der Waals surface area contributed by atoms with E-state index in [0.717, 1.165) is 49.8 Å². The first-order chi connectivity index (χ1) is 8.36. The fourth-order valence-electron chi connectivity index (χ4n) is 1.97. The predicted octanol–water partition coefficient (Wildman–Crippen LogP) is 2.28. The number of hydrogen-bond acceptors (Lipinski definition) is 4. The average Bonchev–Trinajstić information content (AvgIpc) is 2.66. The summed E-state index contributed by atoms with van der Waals surface area (Å²) in [5, 5.41) is 0. The highest BCUT2D eigenvalue weighted by molar-refractivity contribution is 5.75. The van der Waals surface area contributed by atoms with E-state index in [9.17, 15) is 0 Å². The molecule has 0 aliphatic carbocycles. The molecule has 1 fully saturated rings. The van der Waals surface area contributed by atoms with Crippen LogP contribution >= 0.6 is 0 Å². The Kier molecular flexibility index (Phi) is 3.88. The van der Waals surface area contributed by atoms with E-state index in [-0.39, 0.29) is 0 Å². The molecule has 2 heterocycles. The predicted molar refractivity (Wildman–Crippen MR) is 71.2 cm³/mol. The standard InChI is InChI=1S/C13H17N3O/c1-3-11-5-6-15-13(12(11)14-2)16-7-4-9-17-10-8-16/h3,5-6H,1-2,4,7-10H2. The summed E-state index contributed by atoms with van der Waals surface area (Å²) in [4.78, 5) is 10.7. The zero-order chi connectivity index (χ0) is 12.1. The lowest BCUT2D eigenvalue weighted by Crippen LogP contribution is -2.26. The molecule has 0 radical (unpaired) electrons. The molecule has 0 N–H and O–H groups in total. The van der Waals surface area contributed by atoms with Gasteiger partial charge in [0.05, 0.1) is 6.61 Å². The Morgan fingerprint density at radius 2 is 2.29 bits per heavy atom. The number of aromatic nitrogens is 1. The molecular weight excluding hydrogens is 214 g/mol. The quantitative estimate of drug-likeness (QED) is 0.749. The second-order valence-corrected chi connectivity index (χ2v) is 3.89. The van der Waals surface area contributed by atoms with Crippen molar-refractivity contribution in [3.8, 4) is 0 Å². The number of rotatable bonds is 3. The molecule has 1 saturated heterocycles. The second-order valence-electron chi connectivity index (χ2n) is 3.89. The Balaban J connectivity index is 2.35. The first-order valence-electron chi connectivity index (χ1n) is 5.77. The molecule has 1 aromatic heterocycles. The molecule has 0 amide bonds. The summed E-state index contributed by atoms with van der Waals surface area (Å²) in [6.07, 6.45) is 4.58. The number of hydrogen-bond donors (Lipinski definition) is 0. The van der Waals surface area contributed by atoms with Crippen LogP contribution in [-0.4, -0.2) is 38.0 Å². The van der Waals surface area contributed by atoms with E-state index >= 15 is 0 Å². The Hall–Kier alpha value is -1.68. The van der Waals surface area contributed by atoms with Gasteiger partial charge in [0, 0.05) is 31.5 Å². The Morgan fingerprint density at radius 1 is 1.41 bits per heavy atom. The molecule has 90 valence electrons. The van der Waals surface area contributed by atoms with Crippen LogP contribution in [0.15, 0.2) is 23.8 Å². The molecule has 4 nitrogen and oxygen atoms in total. The van der Waals surface area contributed by atoms with Gasteiger partial charge in [-0.15, -0.1) is 0 Å². The lowest BCUT2D eigenvalue weighted by molar-refractivity contribution is 0.152. The summed E-state index contributed by atoms with van der Waals surface area (Å²) in [5.41, 5.74) is 1.78. The second kappa shape index (κ2) is 5.59. The number of ether oxygens (including phenoxy) is 1. The minimum absolute atomic E-state index is 0.733. The minimum atomic E-state index is 0.733. The van der Waals surface area contributed by atoms with E-state index in [1.54, 1.807) is 12.3 Å². The molecule has 17 heavy (non-hydrogen) atoms. The summed E-state index contributed by atoms with van der Waals surface area (Å²) in [6, 6.07) is 1.90. The van der Waals surface area contributed by atoms with Gasteiger partial charge in [-0.1, -0.05) is 12.7 Å². The normalized spacial score (nSPS) is 16.4. The molecule has 0 atom stereocenters. The van der Waals surface area contributed by atoms with E-state index in [1.165, 1.54) is 0 Å². The van der Waals surface area contributed by atoms with Crippen LogP contribution < -0.4 is 4.90 Å². The molecule has 0 bridgehead atoms. The minimum Gasteiger partial charge on any atom is -0.380 e. The van der Waals surface area contributed by atoms with Crippen LogP contribution in [0.1, 0.15) is 12.0 Å². The largest absolute Gasteiger partial charge is 0.380 e. The maximum atomic E-state index is 5.44. The maximum absolute atomic E-state index is 5.44. The molecule has 1 aliphatic heterocycles. The maximum Gasteiger partial charge on any atom is 0.155 e. The van der Waals surface area contributed by atoms with Gasteiger partial charge in [-0.3, -0.25) is 4.99 Å². The van der Waals surface area contributed by atoms with Gasteiger partial charge in [0.1, 0.15) is 5.69 Å². The molecule has 0 aromatic carbocycles. The highest BCUT2D eigenvalue weighted by atomic mass is 16.5. The van der Waals surface area contributed by atoms with E-state index < -0.39 is 0 Å². The first-order valence-corrected chi connectivity index (χ1v) is 5.77. The molecule has 2 rings (SSSR count). The van der Waals surface area contributed by atoms with E-state index in [1.807, 2.05) is 6.07 Å². The van der Waals surface area contributed by atoms with E-state index in [4.69, 9.17) is 4.74 Å².